The molecule has 4 N–H and O–H groups in total. The third-order valence-corrected chi connectivity index (χ3v) is 6.96. The van der Waals surface area contributed by atoms with Crippen LogP contribution in [0.2, 0.25) is 0 Å². The Labute approximate surface area is 212 Å². The molecular weight excluding hydrogens is 484 g/mol. The van der Waals surface area contributed by atoms with E-state index in [2.05, 4.69) is 25.6 Å². The van der Waals surface area contributed by atoms with Gasteiger partial charge >= 0.3 is 0 Å². The maximum absolute atomic E-state index is 14.9. The standard InChI is InChI=1S/C26H29F2N5O4/c1-13-22(26(36)33-19-6-5-16(9-18(19)28)32-21(35)10-34)24-25(31-13)23(29-12-30-24)17-8-15(27)4-7-20(17)37-11-14-2-3-14/h4,7-8,12,14,16,18-19,31,34H,2-3,5-6,9-11H2,1H3,(H,32,35)(H,33,36)/t16-,18+,19+/m0/s1. The molecule has 2 fully saturated rings. The largest absolute Gasteiger partial charge is 0.493 e. The fourth-order valence-corrected chi connectivity index (χ4v) is 4.83. The first kappa shape index (κ1) is 25.1. The minimum Gasteiger partial charge on any atom is -0.493 e. The minimum atomic E-state index is -1.36. The van der Waals surface area contributed by atoms with Crippen LogP contribution in [-0.2, 0) is 4.79 Å². The zero-order valence-corrected chi connectivity index (χ0v) is 20.4. The van der Waals surface area contributed by atoms with E-state index in [0.717, 1.165) is 12.8 Å². The van der Waals surface area contributed by atoms with E-state index < -0.39 is 42.5 Å². The summed E-state index contributed by atoms with van der Waals surface area (Å²) in [5, 5.41) is 14.2. The number of nitrogens with one attached hydrogen (secondary N) is 3. The molecule has 2 amide bonds. The Morgan fingerprint density at radius 2 is 2.00 bits per heavy atom. The molecule has 9 nitrogen and oxygen atoms in total. The van der Waals surface area contributed by atoms with Gasteiger partial charge in [-0.05, 0) is 56.7 Å². The molecule has 11 heteroatoms. The molecular formula is C26H29F2N5O4. The van der Waals surface area contributed by atoms with Crippen LogP contribution in [0, 0.1) is 18.7 Å². The first-order chi connectivity index (χ1) is 17.8. The van der Waals surface area contributed by atoms with Gasteiger partial charge < -0.3 is 25.5 Å². The Balaban J connectivity index is 1.39. The molecule has 3 aromatic rings. The van der Waals surface area contributed by atoms with Gasteiger partial charge in [-0.15, -0.1) is 0 Å². The summed E-state index contributed by atoms with van der Waals surface area (Å²) in [6.07, 6.45) is 3.01. The van der Waals surface area contributed by atoms with Crippen LogP contribution in [0.3, 0.4) is 0 Å². The van der Waals surface area contributed by atoms with Crippen molar-refractivity contribution in [1.82, 2.24) is 25.6 Å². The lowest BCUT2D eigenvalue weighted by Crippen LogP contribution is -2.50. The first-order valence-electron chi connectivity index (χ1n) is 12.4. The third kappa shape index (κ3) is 5.41. The van der Waals surface area contributed by atoms with Crippen LogP contribution < -0.4 is 15.4 Å². The summed E-state index contributed by atoms with van der Waals surface area (Å²) < 4.78 is 35.0. The van der Waals surface area contributed by atoms with E-state index in [-0.39, 0.29) is 12.0 Å². The number of amides is 2. The number of aliphatic hydroxyl groups excluding tert-OH is 1. The molecule has 196 valence electrons. The molecule has 2 aliphatic rings. The molecule has 0 spiro atoms. The third-order valence-electron chi connectivity index (χ3n) is 6.96. The van der Waals surface area contributed by atoms with E-state index in [0.29, 0.717) is 59.1 Å². The summed E-state index contributed by atoms with van der Waals surface area (Å²) in [5.41, 5.74) is 2.44. The maximum atomic E-state index is 14.9. The van der Waals surface area contributed by atoms with Crippen molar-refractivity contribution in [3.63, 3.8) is 0 Å². The van der Waals surface area contributed by atoms with E-state index >= 15 is 0 Å². The normalized spacial score (nSPS) is 21.6. The van der Waals surface area contributed by atoms with E-state index in [4.69, 9.17) is 9.84 Å². The number of benzene rings is 1. The molecule has 3 atom stereocenters. The summed E-state index contributed by atoms with van der Waals surface area (Å²) in [5.74, 6) is -0.475. The lowest BCUT2D eigenvalue weighted by atomic mass is 9.89. The fraction of sp³-hybridized carbons (Fsp3) is 0.462. The second-order valence-corrected chi connectivity index (χ2v) is 9.80. The van der Waals surface area contributed by atoms with E-state index in [1.54, 1.807) is 13.0 Å². The van der Waals surface area contributed by atoms with Gasteiger partial charge in [0.1, 0.15) is 41.9 Å². The van der Waals surface area contributed by atoms with Gasteiger partial charge in [0.2, 0.25) is 5.91 Å². The zero-order valence-electron chi connectivity index (χ0n) is 20.4. The monoisotopic (exact) mass is 513 g/mol. The molecule has 5 rings (SSSR count). The second-order valence-electron chi connectivity index (χ2n) is 9.80. The van der Waals surface area contributed by atoms with Crippen LogP contribution in [0.25, 0.3) is 22.3 Å². The highest BCUT2D eigenvalue weighted by molar-refractivity contribution is 6.09. The van der Waals surface area contributed by atoms with Gasteiger partial charge in [0.25, 0.3) is 5.91 Å². The number of hydrogen-bond donors (Lipinski definition) is 4. The number of nitrogens with zero attached hydrogens (tertiary/aromatic N) is 2. The Hall–Kier alpha value is -3.60. The van der Waals surface area contributed by atoms with Gasteiger partial charge in [-0.2, -0.15) is 0 Å². The summed E-state index contributed by atoms with van der Waals surface area (Å²) in [6.45, 7) is 1.60. The van der Waals surface area contributed by atoms with Crippen LogP contribution >= 0.6 is 0 Å². The number of aromatic nitrogens is 3. The van der Waals surface area contributed by atoms with Crippen LogP contribution in [0.1, 0.15) is 48.2 Å². The van der Waals surface area contributed by atoms with Crippen molar-refractivity contribution in [2.45, 2.75) is 57.3 Å². The van der Waals surface area contributed by atoms with Crippen LogP contribution in [0.4, 0.5) is 8.78 Å². The quantitative estimate of drug-likeness (QED) is 0.367. The zero-order chi connectivity index (χ0) is 26.1. The summed E-state index contributed by atoms with van der Waals surface area (Å²) >= 11 is 0. The number of fused-ring (bicyclic) bond motifs is 1. The molecule has 1 aromatic carbocycles. The van der Waals surface area contributed by atoms with Crippen molar-refractivity contribution in [3.8, 4) is 17.0 Å². The van der Waals surface area contributed by atoms with Gasteiger partial charge in [-0.3, -0.25) is 9.59 Å². The van der Waals surface area contributed by atoms with Gasteiger partial charge in [-0.1, -0.05) is 0 Å². The number of carbonyl (C=O) groups excluding carboxylic acids is 2. The molecule has 0 bridgehead atoms. The highest BCUT2D eigenvalue weighted by Crippen LogP contribution is 2.37. The van der Waals surface area contributed by atoms with Crippen LogP contribution in [0.15, 0.2) is 24.5 Å². The minimum absolute atomic E-state index is 0.0408. The molecule has 2 aromatic heterocycles. The predicted octanol–water partition coefficient (Wildman–Crippen LogP) is 2.96. The maximum Gasteiger partial charge on any atom is 0.255 e. The average Bonchev–Trinajstić information content (AvgIpc) is 3.64. The molecule has 2 saturated carbocycles. The van der Waals surface area contributed by atoms with Crippen molar-refractivity contribution in [3.05, 3.63) is 41.6 Å². The van der Waals surface area contributed by atoms with Crippen molar-refractivity contribution in [2.75, 3.05) is 13.2 Å². The SMILES string of the molecule is Cc1[nH]c2c(-c3cc(F)ccc3OCC3CC3)ncnc2c1C(=O)N[C@@H]1CC[C@H](NC(=O)CO)C[C@H]1F. The lowest BCUT2D eigenvalue weighted by Gasteiger charge is -2.32. The van der Waals surface area contributed by atoms with Crippen LogP contribution in [0.5, 0.6) is 5.75 Å². The number of aliphatic hydroxyl groups is 1. The number of rotatable bonds is 8. The van der Waals surface area contributed by atoms with Gasteiger partial charge in [0.15, 0.2) is 0 Å². The highest BCUT2D eigenvalue weighted by Gasteiger charge is 2.33. The molecule has 0 radical (unpaired) electrons. The molecule has 2 aliphatic carbocycles. The Kier molecular flexibility index (Phi) is 7.05. The Bertz CT molecular complexity index is 1330. The predicted molar refractivity (Wildman–Crippen MR) is 131 cm³/mol. The van der Waals surface area contributed by atoms with E-state index in [1.165, 1.54) is 18.5 Å². The summed E-state index contributed by atoms with van der Waals surface area (Å²) in [4.78, 5) is 36.5. The highest BCUT2D eigenvalue weighted by atomic mass is 19.1. The average molecular weight is 514 g/mol. The molecule has 37 heavy (non-hydrogen) atoms. The number of alkyl halides is 1. The number of aryl methyl sites for hydroxylation is 1. The van der Waals surface area contributed by atoms with E-state index in [9.17, 15) is 18.4 Å². The number of ether oxygens (including phenoxy) is 1. The second kappa shape index (κ2) is 10.4. The van der Waals surface area contributed by atoms with Gasteiger partial charge in [-0.25, -0.2) is 18.7 Å². The Morgan fingerprint density at radius 3 is 2.73 bits per heavy atom. The Morgan fingerprint density at radius 1 is 1.19 bits per heavy atom. The summed E-state index contributed by atoms with van der Waals surface area (Å²) in [7, 11) is 0. The van der Waals surface area contributed by atoms with Crippen LogP contribution in [-0.4, -0.2) is 63.3 Å². The first-order valence-corrected chi connectivity index (χ1v) is 12.4. The van der Waals surface area contributed by atoms with Crippen molar-refractivity contribution in [1.29, 1.82) is 0 Å². The lowest BCUT2D eigenvalue weighted by molar-refractivity contribution is -0.124. The molecule has 2 heterocycles. The fourth-order valence-electron chi connectivity index (χ4n) is 4.83. The van der Waals surface area contributed by atoms with Crippen molar-refractivity contribution in [2.24, 2.45) is 5.92 Å². The molecule has 0 aliphatic heterocycles. The number of H-pyrrole nitrogens is 1. The van der Waals surface area contributed by atoms with Gasteiger partial charge in [0.05, 0.1) is 23.7 Å². The van der Waals surface area contributed by atoms with E-state index in [1.807, 2.05) is 0 Å². The number of aromatic amines is 1. The molecule has 0 unspecified atom stereocenters. The smallest absolute Gasteiger partial charge is 0.255 e. The summed E-state index contributed by atoms with van der Waals surface area (Å²) in [6, 6.07) is 3.13. The van der Waals surface area contributed by atoms with Crippen molar-refractivity contribution >= 4 is 22.8 Å². The number of halogens is 2. The number of hydrogen-bond acceptors (Lipinski definition) is 6. The van der Waals surface area contributed by atoms with Gasteiger partial charge in [0, 0.05) is 23.7 Å². The van der Waals surface area contributed by atoms with Crippen molar-refractivity contribution < 1.29 is 28.2 Å². The molecule has 0 saturated heterocycles. The number of carbonyl (C=O) groups is 2. The topological polar surface area (TPSA) is 129 Å².